The summed E-state index contributed by atoms with van der Waals surface area (Å²) in [4.78, 5) is 24.7. The zero-order chi connectivity index (χ0) is 17.8. The minimum Gasteiger partial charge on any atom is -0.348 e. The van der Waals surface area contributed by atoms with Crippen molar-refractivity contribution in [1.82, 2.24) is 15.1 Å². The van der Waals surface area contributed by atoms with E-state index in [9.17, 15) is 9.59 Å². The van der Waals surface area contributed by atoms with Gasteiger partial charge in [-0.25, -0.2) is 4.68 Å². The van der Waals surface area contributed by atoms with Crippen LogP contribution in [0.2, 0.25) is 0 Å². The first-order valence-electron chi connectivity index (χ1n) is 8.41. The minimum absolute atomic E-state index is 0.0962. The van der Waals surface area contributed by atoms with E-state index >= 15 is 0 Å². The van der Waals surface area contributed by atoms with Gasteiger partial charge < -0.3 is 5.32 Å². The molecule has 1 N–H and O–H groups in total. The maximum atomic E-state index is 12.4. The van der Waals surface area contributed by atoms with E-state index in [-0.39, 0.29) is 24.1 Å². The molecular formula is C20H21N3O2. The van der Waals surface area contributed by atoms with E-state index in [1.54, 1.807) is 18.3 Å². The van der Waals surface area contributed by atoms with E-state index in [1.165, 1.54) is 10.2 Å². The van der Waals surface area contributed by atoms with Gasteiger partial charge in [-0.05, 0) is 30.5 Å². The van der Waals surface area contributed by atoms with E-state index in [0.29, 0.717) is 5.39 Å². The van der Waals surface area contributed by atoms with Crippen molar-refractivity contribution in [2.45, 2.75) is 32.9 Å². The number of carbonyl (C=O) groups is 1. The monoisotopic (exact) mass is 335 g/mol. The van der Waals surface area contributed by atoms with E-state index in [4.69, 9.17) is 0 Å². The van der Waals surface area contributed by atoms with Crippen molar-refractivity contribution in [3.63, 3.8) is 0 Å². The second-order valence-electron chi connectivity index (χ2n) is 6.08. The van der Waals surface area contributed by atoms with Crippen LogP contribution in [-0.4, -0.2) is 15.7 Å². The molecule has 128 valence electrons. The zero-order valence-corrected chi connectivity index (χ0v) is 14.4. The van der Waals surface area contributed by atoms with Crippen LogP contribution in [0.3, 0.4) is 0 Å². The Kier molecular flexibility index (Phi) is 4.93. The number of fused-ring (bicyclic) bond motifs is 1. The van der Waals surface area contributed by atoms with E-state index in [0.717, 1.165) is 17.4 Å². The SMILES string of the molecule is CCc1ccc(C(C)NC(=O)Cn2ncc3ccccc3c2=O)cc1. The molecule has 1 amide bonds. The van der Waals surface area contributed by atoms with Crippen molar-refractivity contribution in [2.75, 3.05) is 0 Å². The lowest BCUT2D eigenvalue weighted by Crippen LogP contribution is -2.34. The average molecular weight is 335 g/mol. The van der Waals surface area contributed by atoms with Crippen LogP contribution in [0.5, 0.6) is 0 Å². The summed E-state index contributed by atoms with van der Waals surface area (Å²) in [6.07, 6.45) is 2.59. The fourth-order valence-electron chi connectivity index (χ4n) is 2.79. The second-order valence-corrected chi connectivity index (χ2v) is 6.08. The number of aryl methyl sites for hydroxylation is 1. The van der Waals surface area contributed by atoms with Gasteiger partial charge in [-0.15, -0.1) is 0 Å². The van der Waals surface area contributed by atoms with Gasteiger partial charge in [-0.2, -0.15) is 5.10 Å². The Balaban J connectivity index is 1.71. The van der Waals surface area contributed by atoms with E-state index in [2.05, 4.69) is 29.5 Å². The summed E-state index contributed by atoms with van der Waals surface area (Å²) in [6.45, 7) is 3.94. The Morgan fingerprint density at radius 3 is 2.60 bits per heavy atom. The summed E-state index contributed by atoms with van der Waals surface area (Å²) >= 11 is 0. The lowest BCUT2D eigenvalue weighted by molar-refractivity contribution is -0.122. The van der Waals surface area contributed by atoms with Crippen LogP contribution in [0.25, 0.3) is 10.8 Å². The zero-order valence-electron chi connectivity index (χ0n) is 14.4. The molecule has 25 heavy (non-hydrogen) atoms. The van der Waals surface area contributed by atoms with Crippen molar-refractivity contribution in [1.29, 1.82) is 0 Å². The summed E-state index contributed by atoms with van der Waals surface area (Å²) < 4.78 is 1.20. The molecule has 0 aliphatic carbocycles. The number of hydrogen-bond donors (Lipinski definition) is 1. The van der Waals surface area contributed by atoms with Gasteiger partial charge in [-0.1, -0.05) is 49.4 Å². The minimum atomic E-state index is -0.256. The van der Waals surface area contributed by atoms with E-state index in [1.807, 2.05) is 31.2 Å². The number of hydrogen-bond acceptors (Lipinski definition) is 3. The molecule has 0 aliphatic heterocycles. The molecule has 0 aliphatic rings. The van der Waals surface area contributed by atoms with Crippen LogP contribution >= 0.6 is 0 Å². The first kappa shape index (κ1) is 16.9. The number of aromatic nitrogens is 2. The van der Waals surface area contributed by atoms with Crippen molar-refractivity contribution in [3.8, 4) is 0 Å². The lowest BCUT2D eigenvalue weighted by Gasteiger charge is -2.15. The Morgan fingerprint density at radius 1 is 1.16 bits per heavy atom. The molecule has 3 aromatic rings. The predicted octanol–water partition coefficient (Wildman–Crippen LogP) is 2.84. The molecule has 0 fully saturated rings. The van der Waals surface area contributed by atoms with Gasteiger partial charge in [0.05, 0.1) is 17.6 Å². The summed E-state index contributed by atoms with van der Waals surface area (Å²) in [5, 5.41) is 8.35. The van der Waals surface area contributed by atoms with Crippen LogP contribution in [0, 0.1) is 0 Å². The molecule has 1 aromatic heterocycles. The number of nitrogens with zero attached hydrogens (tertiary/aromatic N) is 2. The summed E-state index contributed by atoms with van der Waals surface area (Å²) in [5.41, 5.74) is 2.03. The fourth-order valence-corrected chi connectivity index (χ4v) is 2.79. The molecule has 2 aromatic carbocycles. The Bertz CT molecular complexity index is 945. The molecule has 0 saturated carbocycles. The highest BCUT2D eigenvalue weighted by Gasteiger charge is 2.12. The maximum absolute atomic E-state index is 12.4. The molecule has 0 spiro atoms. The first-order valence-corrected chi connectivity index (χ1v) is 8.41. The summed E-state index contributed by atoms with van der Waals surface area (Å²) in [6, 6.07) is 15.3. The molecule has 1 atom stereocenters. The summed E-state index contributed by atoms with van der Waals surface area (Å²) in [7, 11) is 0. The topological polar surface area (TPSA) is 64.0 Å². The van der Waals surface area contributed by atoms with Crippen molar-refractivity contribution >= 4 is 16.7 Å². The van der Waals surface area contributed by atoms with Crippen LogP contribution < -0.4 is 10.9 Å². The summed E-state index contributed by atoms with van der Waals surface area (Å²) in [5.74, 6) is -0.239. The van der Waals surface area contributed by atoms with Crippen LogP contribution in [0.1, 0.15) is 31.0 Å². The first-order chi connectivity index (χ1) is 12.1. The number of amides is 1. The maximum Gasteiger partial charge on any atom is 0.275 e. The Morgan fingerprint density at radius 2 is 1.88 bits per heavy atom. The van der Waals surface area contributed by atoms with Crippen molar-refractivity contribution in [3.05, 3.63) is 76.2 Å². The molecule has 0 saturated heterocycles. The highest BCUT2D eigenvalue weighted by Crippen LogP contribution is 2.13. The Labute approximate surface area is 146 Å². The number of nitrogens with one attached hydrogen (secondary N) is 1. The molecule has 0 radical (unpaired) electrons. The number of rotatable bonds is 5. The molecule has 3 rings (SSSR count). The highest BCUT2D eigenvalue weighted by atomic mass is 16.2. The van der Waals surface area contributed by atoms with Gasteiger partial charge in [0, 0.05) is 5.39 Å². The standard InChI is InChI=1S/C20H21N3O2/c1-3-15-8-10-16(11-9-15)14(2)22-19(24)13-23-20(25)18-7-5-4-6-17(18)12-21-23/h4-12,14H,3,13H2,1-2H3,(H,22,24). The van der Waals surface area contributed by atoms with Gasteiger partial charge in [0.25, 0.3) is 5.56 Å². The van der Waals surface area contributed by atoms with Gasteiger partial charge in [0.2, 0.25) is 5.91 Å². The van der Waals surface area contributed by atoms with Gasteiger partial charge in [0.15, 0.2) is 0 Å². The van der Waals surface area contributed by atoms with Gasteiger partial charge >= 0.3 is 0 Å². The molecule has 5 nitrogen and oxygen atoms in total. The number of carbonyl (C=O) groups excluding carboxylic acids is 1. The lowest BCUT2D eigenvalue weighted by atomic mass is 10.1. The quantitative estimate of drug-likeness (QED) is 0.780. The highest BCUT2D eigenvalue weighted by molar-refractivity contribution is 5.81. The fraction of sp³-hybridized carbons (Fsp3) is 0.250. The third-order valence-electron chi connectivity index (χ3n) is 4.32. The molecule has 5 heteroatoms. The molecule has 0 bridgehead atoms. The van der Waals surface area contributed by atoms with E-state index < -0.39 is 0 Å². The Hall–Kier alpha value is -2.95. The third-order valence-corrected chi connectivity index (χ3v) is 4.32. The number of benzene rings is 2. The third kappa shape index (κ3) is 3.76. The largest absolute Gasteiger partial charge is 0.348 e. The predicted molar refractivity (Wildman–Crippen MR) is 98.4 cm³/mol. The second kappa shape index (κ2) is 7.30. The molecule has 1 unspecified atom stereocenters. The molecular weight excluding hydrogens is 314 g/mol. The van der Waals surface area contributed by atoms with Crippen LogP contribution in [-0.2, 0) is 17.8 Å². The van der Waals surface area contributed by atoms with Crippen molar-refractivity contribution < 1.29 is 4.79 Å². The van der Waals surface area contributed by atoms with Gasteiger partial charge in [0.1, 0.15) is 6.54 Å². The molecule has 1 heterocycles. The normalized spacial score (nSPS) is 12.1. The smallest absolute Gasteiger partial charge is 0.275 e. The van der Waals surface area contributed by atoms with Crippen LogP contribution in [0.4, 0.5) is 0 Å². The van der Waals surface area contributed by atoms with Crippen molar-refractivity contribution in [2.24, 2.45) is 0 Å². The van der Waals surface area contributed by atoms with Gasteiger partial charge in [-0.3, -0.25) is 9.59 Å². The van der Waals surface area contributed by atoms with Crippen LogP contribution in [0.15, 0.2) is 59.5 Å². The average Bonchev–Trinajstić information content (AvgIpc) is 2.64.